The second-order valence-electron chi connectivity index (χ2n) is 5.81. The number of aryl methyl sites for hydroxylation is 1. The van der Waals surface area contributed by atoms with Crippen LogP contribution in [0.3, 0.4) is 0 Å². The minimum atomic E-state index is -3.43. The van der Waals surface area contributed by atoms with Gasteiger partial charge in [0.1, 0.15) is 0 Å². The summed E-state index contributed by atoms with van der Waals surface area (Å²) in [6.45, 7) is 6.48. The van der Waals surface area contributed by atoms with E-state index in [0.717, 1.165) is 36.8 Å². The van der Waals surface area contributed by atoms with Crippen molar-refractivity contribution in [2.75, 3.05) is 0 Å². The molecule has 1 aromatic rings. The van der Waals surface area contributed by atoms with E-state index in [1.165, 1.54) is 0 Å². The fraction of sp³-hybridized carbons (Fsp3) is 0.625. The van der Waals surface area contributed by atoms with Crippen molar-refractivity contribution >= 4 is 10.0 Å². The standard InChI is InChI=1S/C16H26N2O2S/c1-4-13-7-9-16(10-14(13)11-17)21(19,20)18-12(3)6-8-15(18)5-2/h7,9-10,12,15H,4-6,8,11,17H2,1-3H3. The van der Waals surface area contributed by atoms with Crippen LogP contribution in [0.5, 0.6) is 0 Å². The molecule has 0 saturated carbocycles. The fourth-order valence-corrected chi connectivity index (χ4v) is 5.29. The number of hydrogen-bond acceptors (Lipinski definition) is 3. The van der Waals surface area contributed by atoms with Gasteiger partial charge in [-0.15, -0.1) is 0 Å². The normalized spacial score (nSPS) is 23.6. The smallest absolute Gasteiger partial charge is 0.243 e. The van der Waals surface area contributed by atoms with Gasteiger partial charge in [-0.1, -0.05) is 19.9 Å². The second-order valence-corrected chi connectivity index (χ2v) is 7.65. The van der Waals surface area contributed by atoms with Crippen molar-refractivity contribution in [2.45, 2.75) is 70.0 Å². The number of hydrogen-bond donors (Lipinski definition) is 1. The Hall–Kier alpha value is -0.910. The third-order valence-electron chi connectivity index (χ3n) is 4.54. The summed E-state index contributed by atoms with van der Waals surface area (Å²) < 4.78 is 27.6. The van der Waals surface area contributed by atoms with Crippen LogP contribution in [0.4, 0.5) is 0 Å². The largest absolute Gasteiger partial charge is 0.326 e. The minimum Gasteiger partial charge on any atom is -0.326 e. The van der Waals surface area contributed by atoms with Crippen molar-refractivity contribution in [2.24, 2.45) is 5.73 Å². The lowest BCUT2D eigenvalue weighted by atomic mass is 10.1. The zero-order chi connectivity index (χ0) is 15.6. The van der Waals surface area contributed by atoms with E-state index >= 15 is 0 Å². The van der Waals surface area contributed by atoms with E-state index in [0.29, 0.717) is 11.4 Å². The van der Waals surface area contributed by atoms with E-state index < -0.39 is 10.0 Å². The third-order valence-corrected chi connectivity index (χ3v) is 6.60. The fourth-order valence-electron chi connectivity index (χ4n) is 3.28. The van der Waals surface area contributed by atoms with Gasteiger partial charge in [0.15, 0.2) is 0 Å². The first-order chi connectivity index (χ1) is 9.95. The number of benzene rings is 1. The van der Waals surface area contributed by atoms with Gasteiger partial charge in [0.05, 0.1) is 4.90 Å². The lowest BCUT2D eigenvalue weighted by Gasteiger charge is -2.27. The SMILES string of the molecule is CCc1ccc(S(=O)(=O)N2C(C)CCC2CC)cc1CN. The Morgan fingerprint density at radius 2 is 1.95 bits per heavy atom. The van der Waals surface area contributed by atoms with Gasteiger partial charge in [-0.2, -0.15) is 4.31 Å². The van der Waals surface area contributed by atoms with Gasteiger partial charge in [0.2, 0.25) is 10.0 Å². The molecule has 2 atom stereocenters. The van der Waals surface area contributed by atoms with E-state index in [1.807, 2.05) is 13.0 Å². The molecule has 2 unspecified atom stereocenters. The molecular weight excluding hydrogens is 284 g/mol. The third kappa shape index (κ3) is 3.00. The summed E-state index contributed by atoms with van der Waals surface area (Å²) >= 11 is 0. The van der Waals surface area contributed by atoms with Crippen LogP contribution in [0.1, 0.15) is 51.2 Å². The van der Waals surface area contributed by atoms with Gasteiger partial charge >= 0.3 is 0 Å². The summed E-state index contributed by atoms with van der Waals surface area (Å²) in [5.74, 6) is 0. The monoisotopic (exact) mass is 310 g/mol. The molecule has 0 aromatic heterocycles. The van der Waals surface area contributed by atoms with Crippen LogP contribution in [0.25, 0.3) is 0 Å². The predicted octanol–water partition coefficient (Wildman–Crippen LogP) is 2.66. The molecule has 118 valence electrons. The minimum absolute atomic E-state index is 0.0760. The van der Waals surface area contributed by atoms with Crippen LogP contribution in [0.15, 0.2) is 23.1 Å². The first-order valence-electron chi connectivity index (χ1n) is 7.81. The van der Waals surface area contributed by atoms with Gasteiger partial charge in [-0.3, -0.25) is 0 Å². The van der Waals surface area contributed by atoms with Crippen molar-refractivity contribution in [3.63, 3.8) is 0 Å². The number of nitrogens with zero attached hydrogens (tertiary/aromatic N) is 1. The quantitative estimate of drug-likeness (QED) is 0.909. The van der Waals surface area contributed by atoms with Crippen LogP contribution in [-0.4, -0.2) is 24.8 Å². The Morgan fingerprint density at radius 1 is 1.24 bits per heavy atom. The molecule has 4 nitrogen and oxygen atoms in total. The second kappa shape index (κ2) is 6.46. The summed E-state index contributed by atoms with van der Waals surface area (Å²) in [4.78, 5) is 0.382. The van der Waals surface area contributed by atoms with Crippen molar-refractivity contribution in [3.8, 4) is 0 Å². The molecule has 2 N–H and O–H groups in total. The summed E-state index contributed by atoms with van der Waals surface area (Å²) in [7, 11) is -3.43. The van der Waals surface area contributed by atoms with E-state index in [4.69, 9.17) is 5.73 Å². The first-order valence-corrected chi connectivity index (χ1v) is 9.25. The highest BCUT2D eigenvalue weighted by atomic mass is 32.2. The van der Waals surface area contributed by atoms with Crippen LogP contribution in [0, 0.1) is 0 Å². The lowest BCUT2D eigenvalue weighted by molar-refractivity contribution is 0.328. The summed E-state index contributed by atoms with van der Waals surface area (Å²) in [6, 6.07) is 5.58. The molecule has 1 aliphatic heterocycles. The van der Waals surface area contributed by atoms with Crippen molar-refractivity contribution < 1.29 is 8.42 Å². The molecule has 0 amide bonds. The molecule has 1 aromatic carbocycles. The summed E-state index contributed by atoms with van der Waals surface area (Å²) in [5, 5.41) is 0. The lowest BCUT2D eigenvalue weighted by Crippen LogP contribution is -2.39. The van der Waals surface area contributed by atoms with Crippen LogP contribution >= 0.6 is 0 Å². The van der Waals surface area contributed by atoms with Crippen LogP contribution in [-0.2, 0) is 23.0 Å². The van der Waals surface area contributed by atoms with E-state index in [1.54, 1.807) is 16.4 Å². The molecule has 2 rings (SSSR count). The molecular formula is C16H26N2O2S. The maximum atomic E-state index is 13.0. The van der Waals surface area contributed by atoms with Gasteiger partial charge < -0.3 is 5.73 Å². The summed E-state index contributed by atoms with van der Waals surface area (Å²) in [5.41, 5.74) is 7.82. The van der Waals surface area contributed by atoms with E-state index in [-0.39, 0.29) is 12.1 Å². The zero-order valence-corrected chi connectivity index (χ0v) is 14.0. The molecule has 0 radical (unpaired) electrons. The first kappa shape index (κ1) is 16.5. The Labute approximate surface area is 128 Å². The number of nitrogens with two attached hydrogens (primary N) is 1. The molecule has 1 fully saturated rings. The molecule has 5 heteroatoms. The Kier molecular flexibility index (Phi) is 5.07. The molecule has 1 saturated heterocycles. The highest BCUT2D eigenvalue weighted by Crippen LogP contribution is 2.32. The number of rotatable bonds is 5. The average Bonchev–Trinajstić information content (AvgIpc) is 2.88. The van der Waals surface area contributed by atoms with Gasteiger partial charge in [0, 0.05) is 18.6 Å². The molecule has 0 aliphatic carbocycles. The zero-order valence-electron chi connectivity index (χ0n) is 13.2. The maximum Gasteiger partial charge on any atom is 0.243 e. The van der Waals surface area contributed by atoms with Gasteiger partial charge in [-0.05, 0) is 55.9 Å². The van der Waals surface area contributed by atoms with E-state index in [2.05, 4.69) is 13.8 Å². The summed E-state index contributed by atoms with van der Waals surface area (Å²) in [6.07, 6.45) is 3.62. The van der Waals surface area contributed by atoms with Crippen molar-refractivity contribution in [1.29, 1.82) is 0 Å². The molecule has 1 heterocycles. The number of sulfonamides is 1. The molecule has 21 heavy (non-hydrogen) atoms. The predicted molar refractivity (Wildman–Crippen MR) is 85.5 cm³/mol. The van der Waals surface area contributed by atoms with Gasteiger partial charge in [-0.25, -0.2) is 8.42 Å². The van der Waals surface area contributed by atoms with Gasteiger partial charge in [0.25, 0.3) is 0 Å². The van der Waals surface area contributed by atoms with Crippen molar-refractivity contribution in [3.05, 3.63) is 29.3 Å². The molecule has 0 bridgehead atoms. The molecule has 0 spiro atoms. The Morgan fingerprint density at radius 3 is 2.52 bits per heavy atom. The highest BCUT2D eigenvalue weighted by Gasteiger charge is 2.39. The van der Waals surface area contributed by atoms with Crippen LogP contribution < -0.4 is 5.73 Å². The highest BCUT2D eigenvalue weighted by molar-refractivity contribution is 7.89. The average molecular weight is 310 g/mol. The van der Waals surface area contributed by atoms with E-state index in [9.17, 15) is 8.42 Å². The van der Waals surface area contributed by atoms with Crippen molar-refractivity contribution in [1.82, 2.24) is 4.31 Å². The molecule has 1 aliphatic rings. The maximum absolute atomic E-state index is 13.0. The topological polar surface area (TPSA) is 63.4 Å². The Bertz CT molecular complexity index is 598. The van der Waals surface area contributed by atoms with Crippen LogP contribution in [0.2, 0.25) is 0 Å². The Balaban J connectivity index is 2.44.